The smallest absolute Gasteiger partial charge is 0.339 e. The third kappa shape index (κ3) is 3.19. The van der Waals surface area contributed by atoms with Crippen molar-refractivity contribution < 1.29 is 24.5 Å². The van der Waals surface area contributed by atoms with E-state index in [1.165, 1.54) is 19.2 Å². The van der Waals surface area contributed by atoms with Crippen molar-refractivity contribution in [2.45, 2.75) is 6.10 Å². The van der Waals surface area contributed by atoms with E-state index in [-0.39, 0.29) is 23.5 Å². The Morgan fingerprint density at radius 2 is 2.17 bits per heavy atom. The molecular weight excluding hydrogens is 240 g/mol. The normalized spacial score (nSPS) is 11.9. The van der Waals surface area contributed by atoms with Gasteiger partial charge in [0.25, 0.3) is 5.91 Å². The average Bonchev–Trinajstić information content (AvgIpc) is 2.32. The number of anilines is 1. The highest BCUT2D eigenvalue weighted by molar-refractivity contribution is 5.97. The van der Waals surface area contributed by atoms with Gasteiger partial charge in [-0.2, -0.15) is 0 Å². The Kier molecular flexibility index (Phi) is 4.64. The lowest BCUT2D eigenvalue weighted by Crippen LogP contribution is -2.35. The molecule has 1 aromatic carbocycles. The van der Waals surface area contributed by atoms with E-state index in [0.29, 0.717) is 0 Å². The van der Waals surface area contributed by atoms with E-state index in [4.69, 9.17) is 15.6 Å². The monoisotopic (exact) mass is 254 g/mol. The first-order chi connectivity index (χ1) is 8.49. The predicted octanol–water partition coefficient (Wildman–Crippen LogP) is 0.00260. The zero-order valence-electron chi connectivity index (χ0n) is 9.71. The first kappa shape index (κ1) is 13.9. The van der Waals surface area contributed by atoms with Crippen molar-refractivity contribution in [2.24, 2.45) is 5.73 Å². The number of rotatable bonds is 5. The molecule has 1 unspecified atom stereocenters. The Bertz CT molecular complexity index is 457. The lowest BCUT2D eigenvalue weighted by atomic mass is 10.1. The number of ether oxygens (including phenoxy) is 1. The van der Waals surface area contributed by atoms with Gasteiger partial charge in [-0.25, -0.2) is 4.79 Å². The van der Waals surface area contributed by atoms with Crippen molar-refractivity contribution in [3.63, 3.8) is 0 Å². The van der Waals surface area contributed by atoms with E-state index in [9.17, 15) is 14.7 Å². The summed E-state index contributed by atoms with van der Waals surface area (Å²) in [6.45, 7) is 0.00616. The van der Waals surface area contributed by atoms with Gasteiger partial charge < -0.3 is 26.0 Å². The van der Waals surface area contributed by atoms with Crippen molar-refractivity contribution in [1.29, 1.82) is 0 Å². The number of carbonyl (C=O) groups is 2. The second kappa shape index (κ2) is 5.99. The van der Waals surface area contributed by atoms with Crippen LogP contribution in [-0.2, 0) is 9.53 Å². The van der Waals surface area contributed by atoms with E-state index in [1.807, 2.05) is 0 Å². The molecule has 18 heavy (non-hydrogen) atoms. The van der Waals surface area contributed by atoms with E-state index in [1.54, 1.807) is 0 Å². The maximum absolute atomic E-state index is 11.6. The molecule has 0 heterocycles. The number of amides is 1. The minimum atomic E-state index is -1.29. The number of carbonyl (C=O) groups excluding carboxylic acids is 1. The highest BCUT2D eigenvalue weighted by Crippen LogP contribution is 2.21. The van der Waals surface area contributed by atoms with Crippen LogP contribution in [0.3, 0.4) is 0 Å². The van der Waals surface area contributed by atoms with Crippen LogP contribution < -0.4 is 11.1 Å². The van der Waals surface area contributed by atoms with Gasteiger partial charge in [-0.05, 0) is 18.2 Å². The molecule has 1 atom stereocenters. The Morgan fingerprint density at radius 1 is 1.50 bits per heavy atom. The maximum atomic E-state index is 11.6. The fourth-order valence-corrected chi connectivity index (χ4v) is 1.32. The largest absolute Gasteiger partial charge is 0.507 e. The minimum Gasteiger partial charge on any atom is -0.507 e. The number of hydrogen-bond acceptors (Lipinski definition) is 5. The van der Waals surface area contributed by atoms with Gasteiger partial charge in [0.2, 0.25) is 0 Å². The molecule has 1 aromatic rings. The number of phenols is 1. The van der Waals surface area contributed by atoms with Gasteiger partial charge in [0.1, 0.15) is 17.4 Å². The second-order valence-electron chi connectivity index (χ2n) is 3.49. The molecule has 7 nitrogen and oxygen atoms in total. The van der Waals surface area contributed by atoms with Crippen LogP contribution in [0.25, 0.3) is 0 Å². The van der Waals surface area contributed by atoms with Crippen LogP contribution in [-0.4, -0.2) is 41.8 Å². The predicted molar refractivity (Wildman–Crippen MR) is 63.5 cm³/mol. The molecule has 0 aliphatic heterocycles. The van der Waals surface area contributed by atoms with E-state index < -0.39 is 18.0 Å². The van der Waals surface area contributed by atoms with Crippen molar-refractivity contribution in [3.8, 4) is 5.75 Å². The highest BCUT2D eigenvalue weighted by Gasteiger charge is 2.17. The molecule has 0 saturated heterocycles. The standard InChI is InChI=1S/C11H14N2O5/c1-18-9(5-12)10(15)13-6-2-3-8(14)7(4-6)11(16)17/h2-4,9,14H,5,12H2,1H3,(H,13,15)(H,16,17). The molecule has 0 aliphatic carbocycles. The van der Waals surface area contributed by atoms with Crippen LogP contribution in [0.15, 0.2) is 18.2 Å². The van der Waals surface area contributed by atoms with Gasteiger partial charge in [-0.3, -0.25) is 4.79 Å². The summed E-state index contributed by atoms with van der Waals surface area (Å²) in [7, 11) is 1.34. The summed E-state index contributed by atoms with van der Waals surface area (Å²) in [5, 5.41) is 20.6. The summed E-state index contributed by atoms with van der Waals surface area (Å²) in [4.78, 5) is 22.4. The SMILES string of the molecule is COC(CN)C(=O)Nc1ccc(O)c(C(=O)O)c1. The Labute approximate surface area is 103 Å². The van der Waals surface area contributed by atoms with Crippen LogP contribution in [0.5, 0.6) is 5.75 Å². The molecule has 0 bridgehead atoms. The van der Waals surface area contributed by atoms with E-state index in [0.717, 1.165) is 6.07 Å². The van der Waals surface area contributed by atoms with Crippen LogP contribution >= 0.6 is 0 Å². The lowest BCUT2D eigenvalue weighted by molar-refractivity contribution is -0.125. The molecule has 0 aromatic heterocycles. The molecule has 5 N–H and O–H groups in total. The van der Waals surface area contributed by atoms with Crippen LogP contribution in [0, 0.1) is 0 Å². The highest BCUT2D eigenvalue weighted by atomic mass is 16.5. The maximum Gasteiger partial charge on any atom is 0.339 e. The van der Waals surface area contributed by atoms with Crippen molar-refractivity contribution in [2.75, 3.05) is 19.0 Å². The van der Waals surface area contributed by atoms with Crippen molar-refractivity contribution in [3.05, 3.63) is 23.8 Å². The van der Waals surface area contributed by atoms with Crippen molar-refractivity contribution in [1.82, 2.24) is 0 Å². The number of methoxy groups -OCH3 is 1. The van der Waals surface area contributed by atoms with Gasteiger partial charge in [0, 0.05) is 19.3 Å². The molecule has 0 fully saturated rings. The van der Waals surface area contributed by atoms with Crippen LogP contribution in [0.2, 0.25) is 0 Å². The number of carboxylic acid groups (broad SMARTS) is 1. The number of nitrogens with two attached hydrogens (primary N) is 1. The van der Waals surface area contributed by atoms with Gasteiger partial charge in [0.15, 0.2) is 0 Å². The van der Waals surface area contributed by atoms with E-state index in [2.05, 4.69) is 5.32 Å². The van der Waals surface area contributed by atoms with Gasteiger partial charge in [0.05, 0.1) is 0 Å². The summed E-state index contributed by atoms with van der Waals surface area (Å²) in [5.41, 5.74) is 5.26. The van der Waals surface area contributed by atoms with Gasteiger partial charge in [-0.15, -0.1) is 0 Å². The molecule has 98 valence electrons. The van der Waals surface area contributed by atoms with Crippen LogP contribution in [0.1, 0.15) is 10.4 Å². The number of aromatic carboxylic acids is 1. The van der Waals surface area contributed by atoms with Crippen LogP contribution in [0.4, 0.5) is 5.69 Å². The molecule has 0 aliphatic rings. The van der Waals surface area contributed by atoms with Crippen molar-refractivity contribution >= 4 is 17.6 Å². The molecule has 0 spiro atoms. The fraction of sp³-hybridized carbons (Fsp3) is 0.273. The molecule has 0 saturated carbocycles. The van der Waals surface area contributed by atoms with Gasteiger partial charge >= 0.3 is 5.97 Å². The number of nitrogens with one attached hydrogen (secondary N) is 1. The second-order valence-corrected chi connectivity index (χ2v) is 3.49. The number of benzene rings is 1. The summed E-state index contributed by atoms with van der Waals surface area (Å²) >= 11 is 0. The number of hydrogen-bond donors (Lipinski definition) is 4. The number of carboxylic acids is 1. The Balaban J connectivity index is 2.89. The lowest BCUT2D eigenvalue weighted by Gasteiger charge is -2.13. The quantitative estimate of drug-likeness (QED) is 0.549. The molecule has 0 radical (unpaired) electrons. The summed E-state index contributed by atoms with van der Waals surface area (Å²) in [5.74, 6) is -2.14. The molecule has 7 heteroatoms. The fourth-order valence-electron chi connectivity index (χ4n) is 1.32. The molecular formula is C11H14N2O5. The Morgan fingerprint density at radius 3 is 2.67 bits per heavy atom. The van der Waals surface area contributed by atoms with Gasteiger partial charge in [-0.1, -0.05) is 0 Å². The zero-order chi connectivity index (χ0) is 13.7. The Hall–Kier alpha value is -2.12. The summed E-state index contributed by atoms with van der Waals surface area (Å²) < 4.78 is 4.83. The zero-order valence-corrected chi connectivity index (χ0v) is 9.71. The first-order valence-electron chi connectivity index (χ1n) is 5.09. The molecule has 1 rings (SSSR count). The first-order valence-corrected chi connectivity index (χ1v) is 5.09. The molecule has 1 amide bonds. The third-order valence-electron chi connectivity index (χ3n) is 2.29. The summed E-state index contributed by atoms with van der Waals surface area (Å²) in [6, 6.07) is 3.71. The topological polar surface area (TPSA) is 122 Å². The minimum absolute atomic E-state index is 0.00616. The number of aromatic hydroxyl groups is 1. The third-order valence-corrected chi connectivity index (χ3v) is 2.29. The van der Waals surface area contributed by atoms with E-state index >= 15 is 0 Å². The summed E-state index contributed by atoms with van der Waals surface area (Å²) in [6.07, 6.45) is -0.813. The average molecular weight is 254 g/mol.